The Labute approximate surface area is 111 Å². The summed E-state index contributed by atoms with van der Waals surface area (Å²) < 4.78 is 5.27. The van der Waals surface area contributed by atoms with Crippen LogP contribution in [0.1, 0.15) is 38.7 Å². The molecule has 0 radical (unpaired) electrons. The van der Waals surface area contributed by atoms with E-state index in [0.717, 1.165) is 11.8 Å². The Morgan fingerprint density at radius 3 is 2.78 bits per heavy atom. The fraction of sp³-hybridized carbons (Fsp3) is 0.625. The number of benzene rings is 1. The van der Waals surface area contributed by atoms with E-state index in [9.17, 15) is 0 Å². The lowest BCUT2D eigenvalue weighted by molar-refractivity contribution is 0.185. The maximum atomic E-state index is 5.27. The Morgan fingerprint density at radius 1 is 1.22 bits per heavy atom. The highest BCUT2D eigenvalue weighted by atomic mass is 16.5. The smallest absolute Gasteiger partial charge is 0.0733 e. The second-order valence-corrected chi connectivity index (χ2v) is 5.74. The number of nitrogens with one attached hydrogen (secondary N) is 1. The molecule has 3 atom stereocenters. The van der Waals surface area contributed by atoms with Crippen LogP contribution in [0.5, 0.6) is 0 Å². The second-order valence-electron chi connectivity index (χ2n) is 5.74. The van der Waals surface area contributed by atoms with Gasteiger partial charge in [0.1, 0.15) is 0 Å². The Kier molecular flexibility index (Phi) is 4.65. The topological polar surface area (TPSA) is 21.3 Å². The van der Waals surface area contributed by atoms with Crippen molar-refractivity contribution in [2.45, 2.75) is 45.8 Å². The van der Waals surface area contributed by atoms with Gasteiger partial charge in [0, 0.05) is 24.4 Å². The van der Waals surface area contributed by atoms with Gasteiger partial charge < -0.3 is 10.1 Å². The summed E-state index contributed by atoms with van der Waals surface area (Å²) in [4.78, 5) is 0. The van der Waals surface area contributed by atoms with E-state index in [0.29, 0.717) is 12.6 Å². The van der Waals surface area contributed by atoms with Gasteiger partial charge in [-0.25, -0.2) is 0 Å². The van der Waals surface area contributed by atoms with Crippen molar-refractivity contribution in [2.24, 2.45) is 11.8 Å². The van der Waals surface area contributed by atoms with Crippen LogP contribution >= 0.6 is 0 Å². The van der Waals surface area contributed by atoms with Crippen molar-refractivity contribution in [1.82, 2.24) is 0 Å². The van der Waals surface area contributed by atoms with Crippen LogP contribution in [0.15, 0.2) is 24.3 Å². The van der Waals surface area contributed by atoms with E-state index in [4.69, 9.17) is 4.74 Å². The van der Waals surface area contributed by atoms with Gasteiger partial charge in [-0.15, -0.1) is 0 Å². The second kappa shape index (κ2) is 6.24. The molecule has 1 saturated carbocycles. The maximum Gasteiger partial charge on any atom is 0.0733 e. The summed E-state index contributed by atoms with van der Waals surface area (Å²) in [6.07, 6.45) is 3.99. The summed E-state index contributed by atoms with van der Waals surface area (Å²) >= 11 is 0. The molecule has 3 unspecified atom stereocenters. The molecule has 1 aliphatic rings. The molecule has 1 N–H and O–H groups in total. The van der Waals surface area contributed by atoms with Gasteiger partial charge in [-0.3, -0.25) is 0 Å². The summed E-state index contributed by atoms with van der Waals surface area (Å²) in [5.74, 6) is 1.60. The van der Waals surface area contributed by atoms with Crippen LogP contribution in [0.3, 0.4) is 0 Å². The Balaban J connectivity index is 2.07. The highest BCUT2D eigenvalue weighted by molar-refractivity contribution is 5.51. The van der Waals surface area contributed by atoms with Crippen molar-refractivity contribution in [3.05, 3.63) is 29.8 Å². The number of hydrogen-bond donors (Lipinski definition) is 1. The van der Waals surface area contributed by atoms with E-state index in [-0.39, 0.29) is 0 Å². The van der Waals surface area contributed by atoms with Gasteiger partial charge in [0.2, 0.25) is 0 Å². The zero-order chi connectivity index (χ0) is 13.0. The third kappa shape index (κ3) is 3.26. The van der Waals surface area contributed by atoms with Gasteiger partial charge in [0.05, 0.1) is 6.61 Å². The van der Waals surface area contributed by atoms with Crippen LogP contribution in [0.25, 0.3) is 0 Å². The highest BCUT2D eigenvalue weighted by Crippen LogP contribution is 2.31. The van der Waals surface area contributed by atoms with E-state index in [1.807, 2.05) is 0 Å². The molecule has 0 amide bonds. The third-order valence-electron chi connectivity index (χ3n) is 4.12. The van der Waals surface area contributed by atoms with Crippen LogP contribution in [-0.4, -0.2) is 13.2 Å². The lowest BCUT2D eigenvalue weighted by Crippen LogP contribution is -2.33. The zero-order valence-electron chi connectivity index (χ0n) is 11.8. The predicted molar refractivity (Wildman–Crippen MR) is 76.7 cm³/mol. The number of para-hydroxylation sites is 1. The number of ether oxygens (including phenoxy) is 1. The van der Waals surface area contributed by atoms with Gasteiger partial charge >= 0.3 is 0 Å². The Hall–Kier alpha value is -1.02. The molecule has 0 aromatic heterocycles. The molecular formula is C16H25NO. The molecule has 0 spiro atoms. The highest BCUT2D eigenvalue weighted by Gasteiger charge is 2.25. The van der Waals surface area contributed by atoms with Crippen LogP contribution in [0, 0.1) is 11.8 Å². The minimum atomic E-state index is 0.603. The van der Waals surface area contributed by atoms with E-state index in [2.05, 4.69) is 43.4 Å². The molecule has 2 heteroatoms. The minimum Gasteiger partial charge on any atom is -0.382 e. The molecule has 1 aliphatic carbocycles. The fourth-order valence-corrected chi connectivity index (χ4v) is 2.88. The molecule has 100 valence electrons. The fourth-order valence-electron chi connectivity index (χ4n) is 2.88. The molecule has 0 aliphatic heterocycles. The van der Waals surface area contributed by atoms with E-state index >= 15 is 0 Å². The van der Waals surface area contributed by atoms with E-state index in [1.54, 1.807) is 7.11 Å². The molecule has 1 aromatic rings. The van der Waals surface area contributed by atoms with Gasteiger partial charge in [0.15, 0.2) is 0 Å². The van der Waals surface area contributed by atoms with Crippen molar-refractivity contribution in [3.63, 3.8) is 0 Å². The lowest BCUT2D eigenvalue weighted by atomic mass is 9.80. The van der Waals surface area contributed by atoms with E-state index < -0.39 is 0 Å². The van der Waals surface area contributed by atoms with Gasteiger partial charge in [-0.05, 0) is 30.7 Å². The largest absolute Gasteiger partial charge is 0.382 e. The molecule has 2 rings (SSSR count). The van der Waals surface area contributed by atoms with Crippen molar-refractivity contribution >= 4 is 5.69 Å². The molecule has 0 saturated heterocycles. The van der Waals surface area contributed by atoms with Crippen LogP contribution < -0.4 is 5.32 Å². The van der Waals surface area contributed by atoms with Crippen molar-refractivity contribution < 1.29 is 4.74 Å². The zero-order valence-corrected chi connectivity index (χ0v) is 11.8. The monoisotopic (exact) mass is 247 g/mol. The standard InChI is InChI=1S/C16H25NO/c1-12-8-9-13(2)16(10-12)17-15-7-5-4-6-14(15)11-18-3/h4-7,12-13,16-17H,8-11H2,1-3H3. The lowest BCUT2D eigenvalue weighted by Gasteiger charge is -2.34. The first-order chi connectivity index (χ1) is 8.70. The molecule has 2 nitrogen and oxygen atoms in total. The number of hydrogen-bond acceptors (Lipinski definition) is 2. The Morgan fingerprint density at radius 2 is 2.00 bits per heavy atom. The summed E-state index contributed by atoms with van der Waals surface area (Å²) in [6.45, 7) is 5.41. The van der Waals surface area contributed by atoms with Crippen molar-refractivity contribution in [2.75, 3.05) is 12.4 Å². The summed E-state index contributed by atoms with van der Waals surface area (Å²) in [5, 5.41) is 3.73. The quantitative estimate of drug-likeness (QED) is 0.866. The molecule has 1 aromatic carbocycles. The van der Waals surface area contributed by atoms with E-state index in [1.165, 1.54) is 30.5 Å². The van der Waals surface area contributed by atoms with Gasteiger partial charge in [-0.2, -0.15) is 0 Å². The van der Waals surface area contributed by atoms with Gasteiger partial charge in [0.25, 0.3) is 0 Å². The summed E-state index contributed by atoms with van der Waals surface area (Å²) in [6, 6.07) is 9.08. The van der Waals surface area contributed by atoms with Crippen molar-refractivity contribution in [1.29, 1.82) is 0 Å². The van der Waals surface area contributed by atoms with Crippen LogP contribution in [0.2, 0.25) is 0 Å². The number of rotatable bonds is 4. The van der Waals surface area contributed by atoms with Gasteiger partial charge in [-0.1, -0.05) is 38.5 Å². The molecular weight excluding hydrogens is 222 g/mol. The summed E-state index contributed by atoms with van der Waals surface area (Å²) in [7, 11) is 1.75. The predicted octanol–water partition coefficient (Wildman–Crippen LogP) is 4.07. The third-order valence-corrected chi connectivity index (χ3v) is 4.12. The molecule has 18 heavy (non-hydrogen) atoms. The molecule has 1 fully saturated rings. The first-order valence-electron chi connectivity index (χ1n) is 7.04. The maximum absolute atomic E-state index is 5.27. The first kappa shape index (κ1) is 13.4. The van der Waals surface area contributed by atoms with Crippen LogP contribution in [-0.2, 0) is 11.3 Å². The molecule has 0 bridgehead atoms. The summed E-state index contributed by atoms with van der Waals surface area (Å²) in [5.41, 5.74) is 2.50. The Bertz CT molecular complexity index is 377. The van der Waals surface area contributed by atoms with Crippen molar-refractivity contribution in [3.8, 4) is 0 Å². The first-order valence-corrected chi connectivity index (χ1v) is 7.04. The normalized spacial score (nSPS) is 28.1. The molecule has 0 heterocycles. The average molecular weight is 247 g/mol. The van der Waals surface area contributed by atoms with Crippen LogP contribution in [0.4, 0.5) is 5.69 Å². The number of anilines is 1. The minimum absolute atomic E-state index is 0.603. The average Bonchev–Trinajstić information content (AvgIpc) is 2.36. The SMILES string of the molecule is COCc1ccccc1NC1CC(C)CCC1C. The number of methoxy groups -OCH3 is 1.